The maximum atomic E-state index is 10.8. The van der Waals surface area contributed by atoms with Crippen molar-refractivity contribution >= 4 is 17.7 Å². The first-order chi connectivity index (χ1) is 9.79. The van der Waals surface area contributed by atoms with Gasteiger partial charge in [-0.1, -0.05) is 32.5 Å². The molecule has 6 nitrogen and oxygen atoms in total. The zero-order valence-corrected chi connectivity index (χ0v) is 14.1. The quantitative estimate of drug-likeness (QED) is 0.740. The minimum absolute atomic E-state index is 0.0114. The molecule has 0 radical (unpaired) electrons. The van der Waals surface area contributed by atoms with Crippen LogP contribution in [0.15, 0.2) is 11.4 Å². The molecule has 0 fully saturated rings. The number of imidazole rings is 1. The highest BCUT2D eigenvalue weighted by Gasteiger charge is 2.24. The predicted molar refractivity (Wildman–Crippen MR) is 82.0 cm³/mol. The number of thioether (sulfide) groups is 1. The molecule has 0 bridgehead atoms. The fraction of sp³-hybridized carbons (Fsp3) is 0.714. The number of aromatic nitrogens is 2. The van der Waals surface area contributed by atoms with Crippen LogP contribution in [0.5, 0.6) is 0 Å². The second-order valence-electron chi connectivity index (χ2n) is 5.78. The third-order valence-electron chi connectivity index (χ3n) is 2.98. The van der Waals surface area contributed by atoms with E-state index in [1.807, 2.05) is 10.8 Å². The van der Waals surface area contributed by atoms with Crippen LogP contribution in [0.4, 0.5) is 0 Å². The van der Waals surface area contributed by atoms with Gasteiger partial charge in [-0.3, -0.25) is 4.79 Å². The average molecular weight is 316 g/mol. The second kappa shape index (κ2) is 7.82. The molecule has 0 saturated heterocycles. The van der Waals surface area contributed by atoms with Gasteiger partial charge in [0, 0.05) is 31.5 Å². The van der Waals surface area contributed by atoms with E-state index in [9.17, 15) is 4.79 Å². The van der Waals surface area contributed by atoms with Crippen molar-refractivity contribution in [1.29, 1.82) is 0 Å². The number of aliphatic carboxylic acids is 1. The van der Waals surface area contributed by atoms with Gasteiger partial charge in [0.15, 0.2) is 5.16 Å². The monoisotopic (exact) mass is 316 g/mol. The minimum atomic E-state index is -0.855. The molecule has 120 valence electrons. The molecule has 0 aliphatic carbocycles. The second-order valence-corrected chi connectivity index (χ2v) is 6.72. The van der Waals surface area contributed by atoms with Crippen molar-refractivity contribution in [3.05, 3.63) is 11.9 Å². The summed E-state index contributed by atoms with van der Waals surface area (Å²) in [4.78, 5) is 15.1. The van der Waals surface area contributed by atoms with Crippen LogP contribution in [0.25, 0.3) is 0 Å². The molecule has 7 heteroatoms. The number of ether oxygens (including phenoxy) is 2. The zero-order chi connectivity index (χ0) is 16.0. The van der Waals surface area contributed by atoms with Gasteiger partial charge >= 0.3 is 5.97 Å². The Morgan fingerprint density at radius 1 is 1.48 bits per heavy atom. The lowest BCUT2D eigenvalue weighted by Crippen LogP contribution is -2.28. The highest BCUT2D eigenvalue weighted by atomic mass is 32.2. The van der Waals surface area contributed by atoms with Crippen LogP contribution in [0.1, 0.15) is 26.5 Å². The molecule has 0 saturated carbocycles. The van der Waals surface area contributed by atoms with Crippen LogP contribution in [-0.4, -0.2) is 53.3 Å². The molecular formula is C14H24N2O4S. The van der Waals surface area contributed by atoms with Crippen molar-refractivity contribution in [2.45, 2.75) is 44.0 Å². The van der Waals surface area contributed by atoms with Gasteiger partial charge in [0.05, 0.1) is 25.0 Å². The van der Waals surface area contributed by atoms with Gasteiger partial charge in [0.1, 0.15) is 0 Å². The Morgan fingerprint density at radius 2 is 2.14 bits per heavy atom. The third-order valence-corrected chi connectivity index (χ3v) is 3.96. The van der Waals surface area contributed by atoms with Gasteiger partial charge < -0.3 is 19.1 Å². The Hall–Kier alpha value is -1.05. The summed E-state index contributed by atoms with van der Waals surface area (Å²) in [6.07, 6.45) is 1.71. The van der Waals surface area contributed by atoms with Crippen molar-refractivity contribution in [3.8, 4) is 0 Å². The molecule has 1 heterocycles. The smallest absolute Gasteiger partial charge is 0.313 e. The van der Waals surface area contributed by atoms with Crippen molar-refractivity contribution < 1.29 is 19.4 Å². The first-order valence-electron chi connectivity index (χ1n) is 6.72. The number of nitrogens with zero attached hydrogens (tertiary/aromatic N) is 2. The minimum Gasteiger partial charge on any atom is -0.481 e. The molecule has 0 amide bonds. The van der Waals surface area contributed by atoms with Gasteiger partial charge in [0.2, 0.25) is 0 Å². The zero-order valence-electron chi connectivity index (χ0n) is 13.3. The third kappa shape index (κ3) is 5.33. The van der Waals surface area contributed by atoms with Gasteiger partial charge in [-0.05, 0) is 0 Å². The fourth-order valence-electron chi connectivity index (χ4n) is 1.96. The number of carbonyl (C=O) groups is 1. The SMILES string of the molecule is COCC(Cn1c(C(C)(C)C)cnc1SCC(=O)O)OC. The first kappa shape index (κ1) is 18.0. The van der Waals surface area contributed by atoms with E-state index in [-0.39, 0.29) is 17.3 Å². The molecule has 1 N–H and O–H groups in total. The maximum absolute atomic E-state index is 10.8. The molecule has 0 aliphatic heterocycles. The topological polar surface area (TPSA) is 73.6 Å². The Bertz CT molecular complexity index is 468. The van der Waals surface area contributed by atoms with Crippen LogP contribution in [0, 0.1) is 0 Å². The van der Waals surface area contributed by atoms with E-state index < -0.39 is 5.97 Å². The summed E-state index contributed by atoms with van der Waals surface area (Å²) >= 11 is 1.22. The van der Waals surface area contributed by atoms with Crippen molar-refractivity contribution in [2.75, 3.05) is 26.6 Å². The first-order valence-corrected chi connectivity index (χ1v) is 7.70. The molecule has 0 spiro atoms. The Balaban J connectivity index is 3.04. The Kier molecular flexibility index (Phi) is 6.70. The van der Waals surface area contributed by atoms with E-state index in [1.165, 1.54) is 11.8 Å². The lowest BCUT2D eigenvalue weighted by atomic mass is 9.92. The highest BCUT2D eigenvalue weighted by molar-refractivity contribution is 7.99. The number of methoxy groups -OCH3 is 2. The summed E-state index contributed by atoms with van der Waals surface area (Å²) < 4.78 is 12.6. The van der Waals surface area contributed by atoms with Crippen molar-refractivity contribution in [3.63, 3.8) is 0 Å². The largest absolute Gasteiger partial charge is 0.481 e. The van der Waals surface area contributed by atoms with E-state index in [1.54, 1.807) is 14.2 Å². The van der Waals surface area contributed by atoms with E-state index >= 15 is 0 Å². The summed E-state index contributed by atoms with van der Waals surface area (Å²) in [5.41, 5.74) is 0.967. The number of hydrogen-bond donors (Lipinski definition) is 1. The normalized spacial score (nSPS) is 13.4. The highest BCUT2D eigenvalue weighted by Crippen LogP contribution is 2.28. The van der Waals surface area contributed by atoms with Crippen LogP contribution >= 0.6 is 11.8 Å². The summed E-state index contributed by atoms with van der Waals surface area (Å²) in [5.74, 6) is -0.866. The van der Waals surface area contributed by atoms with E-state index in [2.05, 4.69) is 25.8 Å². The lowest BCUT2D eigenvalue weighted by molar-refractivity contribution is -0.133. The van der Waals surface area contributed by atoms with Crippen LogP contribution in [0.2, 0.25) is 0 Å². The van der Waals surface area contributed by atoms with Crippen molar-refractivity contribution in [1.82, 2.24) is 9.55 Å². The van der Waals surface area contributed by atoms with Gasteiger partial charge in [-0.15, -0.1) is 0 Å². The average Bonchev–Trinajstić information content (AvgIpc) is 2.78. The lowest BCUT2D eigenvalue weighted by Gasteiger charge is -2.24. The number of hydrogen-bond acceptors (Lipinski definition) is 5. The predicted octanol–water partition coefficient (Wildman–Crippen LogP) is 2.02. The Labute approximate surface area is 129 Å². The van der Waals surface area contributed by atoms with E-state index in [0.29, 0.717) is 18.3 Å². The molecule has 1 rings (SSSR count). The molecule has 1 atom stereocenters. The molecule has 1 aromatic rings. The summed E-state index contributed by atoms with van der Waals surface area (Å²) in [5, 5.41) is 9.54. The van der Waals surface area contributed by atoms with Crippen LogP contribution in [-0.2, 0) is 26.2 Å². The number of carboxylic acids is 1. The molecule has 1 aromatic heterocycles. The molecule has 21 heavy (non-hydrogen) atoms. The van der Waals surface area contributed by atoms with Crippen LogP contribution in [0.3, 0.4) is 0 Å². The maximum Gasteiger partial charge on any atom is 0.313 e. The summed E-state index contributed by atoms with van der Waals surface area (Å²) in [6.45, 7) is 7.36. The number of rotatable bonds is 8. The Morgan fingerprint density at radius 3 is 2.62 bits per heavy atom. The van der Waals surface area contributed by atoms with Gasteiger partial charge in [-0.25, -0.2) is 4.98 Å². The summed E-state index contributed by atoms with van der Waals surface area (Å²) in [6, 6.07) is 0. The molecule has 0 aliphatic rings. The fourth-order valence-corrected chi connectivity index (χ4v) is 2.67. The number of carboxylic acid groups (broad SMARTS) is 1. The van der Waals surface area contributed by atoms with E-state index in [0.717, 1.165) is 5.69 Å². The van der Waals surface area contributed by atoms with Gasteiger partial charge in [0.25, 0.3) is 0 Å². The standard InChI is InChI=1S/C14H24N2O4S/c1-14(2,3)11-6-15-13(21-9-12(17)18)16(11)7-10(20-5)8-19-4/h6,10H,7-9H2,1-5H3,(H,17,18). The van der Waals surface area contributed by atoms with Crippen LogP contribution < -0.4 is 0 Å². The van der Waals surface area contributed by atoms with Gasteiger partial charge in [-0.2, -0.15) is 0 Å². The molecule has 0 aromatic carbocycles. The van der Waals surface area contributed by atoms with E-state index in [4.69, 9.17) is 14.6 Å². The molecule has 1 unspecified atom stereocenters. The van der Waals surface area contributed by atoms with Crippen molar-refractivity contribution in [2.24, 2.45) is 0 Å². The summed E-state index contributed by atoms with van der Waals surface area (Å²) in [7, 11) is 3.27. The molecular weight excluding hydrogens is 292 g/mol.